The van der Waals surface area contributed by atoms with E-state index < -0.39 is 0 Å². The lowest BCUT2D eigenvalue weighted by Crippen LogP contribution is -1.96. The SMILES string of the molecule is CC(C)c1nc2c(Br)cccn2c1C=O. The van der Waals surface area contributed by atoms with Crippen LogP contribution in [0.5, 0.6) is 0 Å². The van der Waals surface area contributed by atoms with Crippen molar-refractivity contribution in [3.63, 3.8) is 0 Å². The third kappa shape index (κ3) is 1.59. The van der Waals surface area contributed by atoms with E-state index in [1.54, 1.807) is 0 Å². The Balaban J connectivity index is 2.84. The van der Waals surface area contributed by atoms with Crippen LogP contribution in [0, 0.1) is 0 Å². The average molecular weight is 267 g/mol. The fourth-order valence-electron chi connectivity index (χ4n) is 1.61. The highest BCUT2D eigenvalue weighted by atomic mass is 79.9. The van der Waals surface area contributed by atoms with Crippen molar-refractivity contribution in [2.24, 2.45) is 0 Å². The Morgan fingerprint density at radius 3 is 2.87 bits per heavy atom. The zero-order chi connectivity index (χ0) is 11.0. The van der Waals surface area contributed by atoms with Crippen LogP contribution in [0.1, 0.15) is 35.9 Å². The number of nitrogens with zero attached hydrogens (tertiary/aromatic N) is 2. The van der Waals surface area contributed by atoms with Crippen molar-refractivity contribution in [1.82, 2.24) is 9.38 Å². The van der Waals surface area contributed by atoms with Crippen LogP contribution in [0.4, 0.5) is 0 Å². The number of fused-ring (bicyclic) bond motifs is 1. The van der Waals surface area contributed by atoms with E-state index >= 15 is 0 Å². The summed E-state index contributed by atoms with van der Waals surface area (Å²) in [6.45, 7) is 4.06. The highest BCUT2D eigenvalue weighted by molar-refractivity contribution is 9.10. The number of carbonyl (C=O) groups excluding carboxylic acids is 1. The molecule has 0 atom stereocenters. The molecule has 0 bridgehead atoms. The number of halogens is 1. The van der Waals surface area contributed by atoms with Gasteiger partial charge in [-0.3, -0.25) is 9.20 Å². The Bertz CT molecular complexity index is 517. The van der Waals surface area contributed by atoms with Crippen molar-refractivity contribution in [3.8, 4) is 0 Å². The van der Waals surface area contributed by atoms with Crippen LogP contribution in [0.2, 0.25) is 0 Å². The number of hydrogen-bond acceptors (Lipinski definition) is 2. The summed E-state index contributed by atoms with van der Waals surface area (Å²) >= 11 is 3.42. The minimum Gasteiger partial charge on any atom is -0.296 e. The predicted octanol–water partition coefficient (Wildman–Crippen LogP) is 3.03. The van der Waals surface area contributed by atoms with Crippen molar-refractivity contribution in [2.45, 2.75) is 19.8 Å². The van der Waals surface area contributed by atoms with Gasteiger partial charge in [-0.25, -0.2) is 4.98 Å². The molecule has 0 saturated carbocycles. The maximum atomic E-state index is 11.0. The molecule has 0 radical (unpaired) electrons. The largest absolute Gasteiger partial charge is 0.296 e. The molecule has 0 unspecified atom stereocenters. The molecule has 15 heavy (non-hydrogen) atoms. The van der Waals surface area contributed by atoms with Gasteiger partial charge < -0.3 is 0 Å². The Kier molecular flexibility index (Phi) is 2.61. The van der Waals surface area contributed by atoms with E-state index in [1.807, 2.05) is 36.6 Å². The summed E-state index contributed by atoms with van der Waals surface area (Å²) in [5, 5.41) is 0. The number of rotatable bonds is 2. The summed E-state index contributed by atoms with van der Waals surface area (Å²) in [5.41, 5.74) is 2.28. The van der Waals surface area contributed by atoms with Crippen molar-refractivity contribution in [1.29, 1.82) is 0 Å². The lowest BCUT2D eigenvalue weighted by atomic mass is 10.1. The van der Waals surface area contributed by atoms with Gasteiger partial charge in [0.15, 0.2) is 11.9 Å². The molecule has 2 rings (SSSR count). The monoisotopic (exact) mass is 266 g/mol. The summed E-state index contributed by atoms with van der Waals surface area (Å²) in [7, 11) is 0. The number of aldehydes is 1. The molecule has 0 aromatic carbocycles. The van der Waals surface area contributed by atoms with E-state index in [-0.39, 0.29) is 5.92 Å². The molecule has 0 saturated heterocycles. The van der Waals surface area contributed by atoms with Crippen molar-refractivity contribution >= 4 is 27.9 Å². The first-order valence-electron chi connectivity index (χ1n) is 4.76. The number of hydrogen-bond donors (Lipinski definition) is 0. The third-order valence-corrected chi connectivity index (χ3v) is 2.95. The molecule has 3 nitrogen and oxygen atoms in total. The van der Waals surface area contributed by atoms with Crippen LogP contribution in [0.15, 0.2) is 22.8 Å². The summed E-state index contributed by atoms with van der Waals surface area (Å²) in [6, 6.07) is 3.80. The summed E-state index contributed by atoms with van der Waals surface area (Å²) in [5.74, 6) is 0.247. The Hall–Kier alpha value is -1.16. The molecule has 0 spiro atoms. The Labute approximate surface area is 96.3 Å². The quantitative estimate of drug-likeness (QED) is 0.784. The molecule has 0 N–H and O–H groups in total. The van der Waals surface area contributed by atoms with Crippen molar-refractivity contribution < 1.29 is 4.79 Å². The van der Waals surface area contributed by atoms with Crippen LogP contribution in [0.25, 0.3) is 5.65 Å². The maximum Gasteiger partial charge on any atom is 0.168 e. The van der Waals surface area contributed by atoms with E-state index in [0.717, 1.165) is 22.1 Å². The molecule has 2 heterocycles. The van der Waals surface area contributed by atoms with Gasteiger partial charge in [0.2, 0.25) is 0 Å². The highest BCUT2D eigenvalue weighted by Crippen LogP contribution is 2.23. The van der Waals surface area contributed by atoms with Gasteiger partial charge in [-0.2, -0.15) is 0 Å². The molecule has 0 aliphatic rings. The van der Waals surface area contributed by atoms with Gasteiger partial charge in [-0.05, 0) is 34.0 Å². The molecular weight excluding hydrogens is 256 g/mol. The van der Waals surface area contributed by atoms with E-state index in [9.17, 15) is 4.79 Å². The van der Waals surface area contributed by atoms with Gasteiger partial charge in [0.05, 0.1) is 10.2 Å². The van der Waals surface area contributed by atoms with Crippen molar-refractivity contribution in [2.75, 3.05) is 0 Å². The minimum atomic E-state index is 0.247. The fourth-order valence-corrected chi connectivity index (χ4v) is 2.04. The predicted molar refractivity (Wildman–Crippen MR) is 62.4 cm³/mol. The Morgan fingerprint density at radius 2 is 2.27 bits per heavy atom. The van der Waals surface area contributed by atoms with Crippen LogP contribution >= 0.6 is 15.9 Å². The lowest BCUT2D eigenvalue weighted by Gasteiger charge is -1.99. The van der Waals surface area contributed by atoms with Gasteiger partial charge in [-0.1, -0.05) is 13.8 Å². The smallest absolute Gasteiger partial charge is 0.168 e. The van der Waals surface area contributed by atoms with Crippen LogP contribution in [0.3, 0.4) is 0 Å². The first kappa shape index (κ1) is 10.4. The number of pyridine rings is 1. The third-order valence-electron chi connectivity index (χ3n) is 2.33. The first-order valence-corrected chi connectivity index (χ1v) is 5.56. The molecule has 2 aromatic rings. The maximum absolute atomic E-state index is 11.0. The van der Waals surface area contributed by atoms with Crippen LogP contribution in [-0.4, -0.2) is 15.7 Å². The number of imidazole rings is 1. The van der Waals surface area contributed by atoms with Gasteiger partial charge >= 0.3 is 0 Å². The highest BCUT2D eigenvalue weighted by Gasteiger charge is 2.15. The normalized spacial score (nSPS) is 11.2. The standard InChI is InChI=1S/C11H11BrN2O/c1-7(2)10-9(6-15)14-5-3-4-8(12)11(14)13-10/h3-7H,1-2H3. The molecule has 0 aliphatic heterocycles. The molecular formula is C11H11BrN2O. The minimum absolute atomic E-state index is 0.247. The number of aromatic nitrogens is 2. The van der Waals surface area contributed by atoms with Gasteiger partial charge in [-0.15, -0.1) is 0 Å². The van der Waals surface area contributed by atoms with Gasteiger partial charge in [0, 0.05) is 6.20 Å². The molecule has 4 heteroatoms. The summed E-state index contributed by atoms with van der Waals surface area (Å²) < 4.78 is 2.71. The second-order valence-corrected chi connectivity index (χ2v) is 4.56. The van der Waals surface area contributed by atoms with E-state index in [0.29, 0.717) is 5.69 Å². The molecule has 2 aromatic heterocycles. The zero-order valence-electron chi connectivity index (χ0n) is 8.57. The van der Waals surface area contributed by atoms with Gasteiger partial charge in [0.1, 0.15) is 5.69 Å². The Morgan fingerprint density at radius 1 is 1.53 bits per heavy atom. The van der Waals surface area contributed by atoms with E-state index in [2.05, 4.69) is 20.9 Å². The molecule has 0 amide bonds. The molecule has 0 fully saturated rings. The van der Waals surface area contributed by atoms with E-state index in [4.69, 9.17) is 0 Å². The summed E-state index contributed by atoms with van der Waals surface area (Å²) in [6.07, 6.45) is 2.71. The fraction of sp³-hybridized carbons (Fsp3) is 0.273. The molecule has 78 valence electrons. The molecule has 0 aliphatic carbocycles. The zero-order valence-corrected chi connectivity index (χ0v) is 10.2. The summed E-state index contributed by atoms with van der Waals surface area (Å²) in [4.78, 5) is 15.5. The second kappa shape index (κ2) is 3.77. The average Bonchev–Trinajstić information content (AvgIpc) is 2.57. The second-order valence-electron chi connectivity index (χ2n) is 3.70. The van der Waals surface area contributed by atoms with Crippen LogP contribution < -0.4 is 0 Å². The van der Waals surface area contributed by atoms with Crippen molar-refractivity contribution in [3.05, 3.63) is 34.2 Å². The van der Waals surface area contributed by atoms with Gasteiger partial charge in [0.25, 0.3) is 0 Å². The van der Waals surface area contributed by atoms with Crippen LogP contribution in [-0.2, 0) is 0 Å². The number of carbonyl (C=O) groups is 1. The first-order chi connectivity index (χ1) is 7.15. The lowest BCUT2D eigenvalue weighted by molar-refractivity contribution is 0.111. The topological polar surface area (TPSA) is 34.4 Å². The van der Waals surface area contributed by atoms with E-state index in [1.165, 1.54) is 0 Å².